The van der Waals surface area contributed by atoms with Gasteiger partial charge in [-0.3, -0.25) is 20.1 Å². The Morgan fingerprint density at radius 3 is 2.50 bits per heavy atom. The molecule has 2 heterocycles. The van der Waals surface area contributed by atoms with Crippen molar-refractivity contribution in [3.8, 4) is 0 Å². The molecule has 1 unspecified atom stereocenters. The van der Waals surface area contributed by atoms with E-state index in [2.05, 4.69) is 0 Å². The van der Waals surface area contributed by atoms with Crippen LogP contribution < -0.4 is 5.06 Å². The van der Waals surface area contributed by atoms with E-state index in [1.807, 2.05) is 0 Å². The van der Waals surface area contributed by atoms with Crippen LogP contribution in [-0.2, 0) is 11.0 Å². The fourth-order valence-corrected chi connectivity index (χ4v) is 3.94. The molecule has 11 heteroatoms. The lowest BCUT2D eigenvalue weighted by molar-refractivity contribution is -0.387. The quantitative estimate of drug-likeness (QED) is 0.642. The van der Waals surface area contributed by atoms with E-state index in [1.54, 1.807) is 0 Å². The van der Waals surface area contributed by atoms with Crippen LogP contribution in [0.5, 0.6) is 0 Å². The Labute approximate surface area is 138 Å². The topological polar surface area (TPSA) is 86.9 Å². The van der Waals surface area contributed by atoms with Gasteiger partial charge in [0.15, 0.2) is 5.37 Å². The van der Waals surface area contributed by atoms with Gasteiger partial charge in [-0.1, -0.05) is 11.8 Å². The van der Waals surface area contributed by atoms with Crippen molar-refractivity contribution in [1.82, 2.24) is 4.90 Å². The molecule has 7 nitrogen and oxygen atoms in total. The second-order valence-electron chi connectivity index (χ2n) is 5.45. The smallest absolute Gasteiger partial charge is 0.340 e. The van der Waals surface area contributed by atoms with Crippen LogP contribution in [0.2, 0.25) is 0 Å². The first-order chi connectivity index (χ1) is 11.2. The molecule has 0 radical (unpaired) electrons. The number of hydrogen-bond donors (Lipinski definition) is 1. The number of alkyl halides is 3. The van der Waals surface area contributed by atoms with Crippen molar-refractivity contribution in [3.63, 3.8) is 0 Å². The molecule has 130 valence electrons. The number of carbonyl (C=O) groups is 1. The number of hydroxylamine groups is 1. The molecule has 1 saturated heterocycles. The van der Waals surface area contributed by atoms with Gasteiger partial charge in [0.1, 0.15) is 4.90 Å². The lowest BCUT2D eigenvalue weighted by atomic mass is 10.1. The lowest BCUT2D eigenvalue weighted by Crippen LogP contribution is -2.42. The van der Waals surface area contributed by atoms with Gasteiger partial charge in [0.05, 0.1) is 16.2 Å². The maximum atomic E-state index is 12.9. The lowest BCUT2D eigenvalue weighted by Gasteiger charge is -2.23. The molecule has 3 rings (SSSR count). The van der Waals surface area contributed by atoms with Crippen molar-refractivity contribution in [2.75, 3.05) is 18.2 Å². The number of anilines is 1. The predicted molar refractivity (Wildman–Crippen MR) is 77.8 cm³/mol. The van der Waals surface area contributed by atoms with E-state index >= 15 is 0 Å². The summed E-state index contributed by atoms with van der Waals surface area (Å²) >= 11 is 0.689. The van der Waals surface area contributed by atoms with Crippen LogP contribution in [0.3, 0.4) is 0 Å². The van der Waals surface area contributed by atoms with E-state index < -0.39 is 33.6 Å². The van der Waals surface area contributed by atoms with Gasteiger partial charge in [0, 0.05) is 19.2 Å². The fraction of sp³-hybridized carbons (Fsp3) is 0.462. The second kappa shape index (κ2) is 5.81. The number of benzene rings is 1. The van der Waals surface area contributed by atoms with Gasteiger partial charge in [0.2, 0.25) is 0 Å². The van der Waals surface area contributed by atoms with Crippen LogP contribution in [0.25, 0.3) is 0 Å². The summed E-state index contributed by atoms with van der Waals surface area (Å²) in [4.78, 5) is 23.9. The number of nitro benzene ring substituents is 1. The minimum absolute atomic E-state index is 0.145. The van der Waals surface area contributed by atoms with E-state index in [0.29, 0.717) is 42.0 Å². The van der Waals surface area contributed by atoms with Crippen LogP contribution in [0.1, 0.15) is 18.4 Å². The first-order valence-electron chi connectivity index (χ1n) is 7.03. The van der Waals surface area contributed by atoms with Gasteiger partial charge in [-0.25, -0.2) is 5.06 Å². The van der Waals surface area contributed by atoms with Gasteiger partial charge in [-0.2, -0.15) is 13.2 Å². The summed E-state index contributed by atoms with van der Waals surface area (Å²) in [6, 6.07) is 1.04. The van der Waals surface area contributed by atoms with Crippen molar-refractivity contribution < 1.29 is 28.1 Å². The summed E-state index contributed by atoms with van der Waals surface area (Å²) in [5.74, 6) is -0.473. The van der Waals surface area contributed by atoms with Gasteiger partial charge >= 0.3 is 6.18 Å². The third-order valence-electron chi connectivity index (χ3n) is 3.90. The van der Waals surface area contributed by atoms with Gasteiger partial charge < -0.3 is 4.90 Å². The highest BCUT2D eigenvalue weighted by Crippen LogP contribution is 2.50. The van der Waals surface area contributed by atoms with E-state index in [-0.39, 0.29) is 10.6 Å². The normalized spacial score (nSPS) is 20.4. The number of fused-ring (bicyclic) bond motifs is 1. The fourth-order valence-electron chi connectivity index (χ4n) is 2.73. The molecule has 1 fully saturated rings. The summed E-state index contributed by atoms with van der Waals surface area (Å²) in [7, 11) is 0. The number of nitrogens with zero attached hydrogens (tertiary/aromatic N) is 3. The van der Waals surface area contributed by atoms with Crippen molar-refractivity contribution in [2.45, 2.75) is 29.3 Å². The standard InChI is InChI=1S/C13H12F3N3O4S/c14-13(15,16)7-5-8-10(9(6-7)19(22)23)24-12(18(8)21)11(20)17-3-1-2-4-17/h5-6,12,21H,1-4H2. The van der Waals surface area contributed by atoms with Crippen molar-refractivity contribution in [2.24, 2.45) is 0 Å². The highest BCUT2D eigenvalue weighted by Gasteiger charge is 2.44. The SMILES string of the molecule is O=C(C1Sc2c(cc(C(F)(F)F)cc2[N+](=O)[O-])N1O)N1CCCC1. The van der Waals surface area contributed by atoms with Crippen LogP contribution >= 0.6 is 11.8 Å². The molecule has 0 aliphatic carbocycles. The molecule has 1 aromatic carbocycles. The Morgan fingerprint density at radius 2 is 1.96 bits per heavy atom. The highest BCUT2D eigenvalue weighted by molar-refractivity contribution is 8.01. The monoisotopic (exact) mass is 363 g/mol. The molecule has 1 amide bonds. The number of hydrogen-bond acceptors (Lipinski definition) is 6. The molecule has 1 N–H and O–H groups in total. The van der Waals surface area contributed by atoms with E-state index in [9.17, 15) is 33.3 Å². The summed E-state index contributed by atoms with van der Waals surface area (Å²) in [5, 5.41) is 20.4. The van der Waals surface area contributed by atoms with Gasteiger partial charge in [-0.05, 0) is 18.9 Å². The largest absolute Gasteiger partial charge is 0.416 e. The molecule has 1 atom stereocenters. The third-order valence-corrected chi connectivity index (χ3v) is 5.18. The number of carbonyl (C=O) groups excluding carboxylic acids is 1. The molecular formula is C13H12F3N3O4S. The Bertz CT molecular complexity index is 706. The minimum Gasteiger partial charge on any atom is -0.340 e. The first-order valence-corrected chi connectivity index (χ1v) is 7.91. The maximum absolute atomic E-state index is 12.9. The zero-order chi connectivity index (χ0) is 17.6. The Balaban J connectivity index is 2.00. The molecule has 0 aromatic heterocycles. The van der Waals surface area contributed by atoms with Crippen LogP contribution in [0.15, 0.2) is 17.0 Å². The second-order valence-corrected chi connectivity index (χ2v) is 6.54. The maximum Gasteiger partial charge on any atom is 0.416 e. The zero-order valence-electron chi connectivity index (χ0n) is 12.1. The summed E-state index contributed by atoms with van der Waals surface area (Å²) in [6.07, 6.45) is -3.19. The number of amides is 1. The Morgan fingerprint density at radius 1 is 1.33 bits per heavy atom. The average Bonchev–Trinajstić information content (AvgIpc) is 3.13. The Hall–Kier alpha value is -2.01. The van der Waals surface area contributed by atoms with Crippen LogP contribution in [-0.4, -0.2) is 39.4 Å². The number of nitro groups is 1. The number of likely N-dealkylation sites (tertiary alicyclic amines) is 1. The van der Waals surface area contributed by atoms with Crippen LogP contribution in [0, 0.1) is 10.1 Å². The molecular weight excluding hydrogens is 351 g/mol. The van der Waals surface area contributed by atoms with Crippen LogP contribution in [0.4, 0.5) is 24.5 Å². The van der Waals surface area contributed by atoms with E-state index in [0.717, 1.165) is 12.8 Å². The number of halogens is 3. The molecule has 1 aromatic rings. The molecule has 0 saturated carbocycles. The summed E-state index contributed by atoms with van der Waals surface area (Å²) in [6.45, 7) is 0.992. The number of thioether (sulfide) groups is 1. The minimum atomic E-state index is -4.80. The number of rotatable bonds is 2. The van der Waals surface area contributed by atoms with E-state index in [4.69, 9.17) is 0 Å². The highest BCUT2D eigenvalue weighted by atomic mass is 32.2. The summed E-state index contributed by atoms with van der Waals surface area (Å²) < 4.78 is 38.8. The predicted octanol–water partition coefficient (Wildman–Crippen LogP) is 2.86. The Kier molecular flexibility index (Phi) is 4.08. The van der Waals surface area contributed by atoms with E-state index in [1.165, 1.54) is 4.90 Å². The molecule has 2 aliphatic rings. The molecule has 0 spiro atoms. The molecule has 24 heavy (non-hydrogen) atoms. The van der Waals surface area contributed by atoms with Crippen molar-refractivity contribution >= 4 is 29.0 Å². The molecule has 0 bridgehead atoms. The third kappa shape index (κ3) is 2.77. The molecule has 2 aliphatic heterocycles. The summed E-state index contributed by atoms with van der Waals surface area (Å²) in [5.41, 5.74) is -2.40. The van der Waals surface area contributed by atoms with Crippen molar-refractivity contribution in [1.29, 1.82) is 0 Å². The van der Waals surface area contributed by atoms with Crippen molar-refractivity contribution in [3.05, 3.63) is 27.8 Å². The zero-order valence-corrected chi connectivity index (χ0v) is 12.9. The average molecular weight is 363 g/mol. The van der Waals surface area contributed by atoms with Gasteiger partial charge in [-0.15, -0.1) is 0 Å². The van der Waals surface area contributed by atoms with Gasteiger partial charge in [0.25, 0.3) is 11.6 Å². The first kappa shape index (κ1) is 16.8.